The zero-order valence-corrected chi connectivity index (χ0v) is 7.14. The summed E-state index contributed by atoms with van der Waals surface area (Å²) in [6.07, 6.45) is 3.46. The molecule has 1 aliphatic heterocycles. The van der Waals surface area contributed by atoms with Crippen LogP contribution in [0.5, 0.6) is 0 Å². The second-order valence-electron chi connectivity index (χ2n) is 4.14. The van der Waals surface area contributed by atoms with E-state index in [1.807, 2.05) is 0 Å². The average Bonchev–Trinajstić information content (AvgIpc) is 2.09. The van der Waals surface area contributed by atoms with Gasteiger partial charge >= 0.3 is 0 Å². The number of aliphatic hydroxyl groups is 1. The summed E-state index contributed by atoms with van der Waals surface area (Å²) in [6.45, 7) is 4.24. The molecule has 0 aromatic heterocycles. The van der Waals surface area contributed by atoms with E-state index in [-0.39, 0.29) is 5.60 Å². The third-order valence-corrected chi connectivity index (χ3v) is 3.56. The lowest BCUT2D eigenvalue weighted by Gasteiger charge is -2.42. The van der Waals surface area contributed by atoms with Crippen LogP contribution < -0.4 is 5.32 Å². The van der Waals surface area contributed by atoms with Crippen LogP contribution in [0.4, 0.5) is 0 Å². The first-order chi connectivity index (χ1) is 5.23. The maximum absolute atomic E-state index is 10.2. The van der Waals surface area contributed by atoms with Gasteiger partial charge in [-0.05, 0) is 18.8 Å². The zero-order chi connectivity index (χ0) is 7.90. The van der Waals surface area contributed by atoms with E-state index in [0.29, 0.717) is 11.8 Å². The van der Waals surface area contributed by atoms with Crippen LogP contribution in [-0.4, -0.2) is 23.8 Å². The van der Waals surface area contributed by atoms with Gasteiger partial charge in [-0.3, -0.25) is 0 Å². The SMILES string of the molecule is CC1CCCC1(O)C1CNC1. The highest BCUT2D eigenvalue weighted by molar-refractivity contribution is 5.00. The van der Waals surface area contributed by atoms with Crippen molar-refractivity contribution in [3.63, 3.8) is 0 Å². The monoisotopic (exact) mass is 155 g/mol. The zero-order valence-electron chi connectivity index (χ0n) is 7.14. The minimum atomic E-state index is -0.314. The van der Waals surface area contributed by atoms with Gasteiger partial charge in [0.25, 0.3) is 0 Å². The van der Waals surface area contributed by atoms with Gasteiger partial charge in [0.15, 0.2) is 0 Å². The summed E-state index contributed by atoms with van der Waals surface area (Å²) in [6, 6.07) is 0. The van der Waals surface area contributed by atoms with Crippen molar-refractivity contribution < 1.29 is 5.11 Å². The van der Waals surface area contributed by atoms with Gasteiger partial charge in [-0.15, -0.1) is 0 Å². The molecule has 2 nitrogen and oxygen atoms in total. The van der Waals surface area contributed by atoms with Crippen molar-refractivity contribution >= 4 is 0 Å². The third kappa shape index (κ3) is 1.00. The van der Waals surface area contributed by atoms with Gasteiger partial charge in [0.2, 0.25) is 0 Å². The first-order valence-corrected chi connectivity index (χ1v) is 4.66. The Kier molecular flexibility index (Phi) is 1.69. The number of nitrogens with one attached hydrogen (secondary N) is 1. The molecule has 0 spiro atoms. The highest BCUT2D eigenvalue weighted by Crippen LogP contribution is 2.41. The van der Waals surface area contributed by atoms with E-state index in [1.165, 1.54) is 12.8 Å². The van der Waals surface area contributed by atoms with Crippen molar-refractivity contribution in [3.8, 4) is 0 Å². The standard InChI is InChI=1S/C9H17NO/c1-7-3-2-4-9(7,11)8-5-10-6-8/h7-8,10-11H,2-6H2,1H3. The van der Waals surface area contributed by atoms with Gasteiger partial charge in [0, 0.05) is 19.0 Å². The van der Waals surface area contributed by atoms with Crippen LogP contribution in [0.15, 0.2) is 0 Å². The van der Waals surface area contributed by atoms with Gasteiger partial charge in [-0.2, -0.15) is 0 Å². The van der Waals surface area contributed by atoms with Crippen molar-refractivity contribution in [1.29, 1.82) is 0 Å². The van der Waals surface area contributed by atoms with Crippen LogP contribution in [0.1, 0.15) is 26.2 Å². The molecule has 2 atom stereocenters. The lowest BCUT2D eigenvalue weighted by atomic mass is 9.77. The molecule has 64 valence electrons. The van der Waals surface area contributed by atoms with Crippen LogP contribution >= 0.6 is 0 Å². The molecule has 2 N–H and O–H groups in total. The van der Waals surface area contributed by atoms with Crippen molar-refractivity contribution in [2.24, 2.45) is 11.8 Å². The van der Waals surface area contributed by atoms with Crippen LogP contribution in [0.2, 0.25) is 0 Å². The molecule has 0 radical (unpaired) electrons. The Bertz CT molecular complexity index is 156. The smallest absolute Gasteiger partial charge is 0.0725 e. The van der Waals surface area contributed by atoms with E-state index in [2.05, 4.69) is 12.2 Å². The van der Waals surface area contributed by atoms with Crippen molar-refractivity contribution in [2.75, 3.05) is 13.1 Å². The second-order valence-corrected chi connectivity index (χ2v) is 4.14. The minimum absolute atomic E-state index is 0.314. The Labute approximate surface area is 68.0 Å². The Hall–Kier alpha value is -0.0800. The molecule has 2 fully saturated rings. The van der Waals surface area contributed by atoms with Gasteiger partial charge in [0.05, 0.1) is 5.60 Å². The van der Waals surface area contributed by atoms with Crippen molar-refractivity contribution in [2.45, 2.75) is 31.8 Å². The van der Waals surface area contributed by atoms with Crippen LogP contribution in [0, 0.1) is 11.8 Å². The lowest BCUT2D eigenvalue weighted by molar-refractivity contribution is -0.0641. The molecule has 2 heteroatoms. The maximum atomic E-state index is 10.2. The average molecular weight is 155 g/mol. The topological polar surface area (TPSA) is 32.3 Å². The highest BCUT2D eigenvalue weighted by Gasteiger charge is 2.46. The lowest BCUT2D eigenvalue weighted by Crippen LogP contribution is -2.56. The van der Waals surface area contributed by atoms with Gasteiger partial charge in [-0.25, -0.2) is 0 Å². The molecular weight excluding hydrogens is 138 g/mol. The normalized spacial score (nSPS) is 45.8. The van der Waals surface area contributed by atoms with E-state index in [4.69, 9.17) is 0 Å². The summed E-state index contributed by atoms with van der Waals surface area (Å²) >= 11 is 0. The second kappa shape index (κ2) is 2.46. The first-order valence-electron chi connectivity index (χ1n) is 4.66. The molecule has 0 aromatic carbocycles. The Morgan fingerprint density at radius 2 is 2.18 bits per heavy atom. The molecule has 0 amide bonds. The van der Waals surface area contributed by atoms with Crippen molar-refractivity contribution in [1.82, 2.24) is 5.32 Å². The molecule has 2 unspecified atom stereocenters. The Morgan fingerprint density at radius 3 is 2.55 bits per heavy atom. The summed E-state index contributed by atoms with van der Waals surface area (Å²) in [7, 11) is 0. The Balaban J connectivity index is 2.06. The van der Waals surface area contributed by atoms with Gasteiger partial charge in [0.1, 0.15) is 0 Å². The molecule has 2 aliphatic rings. The number of rotatable bonds is 1. The molecular formula is C9H17NO. The van der Waals surface area contributed by atoms with E-state index in [9.17, 15) is 5.11 Å². The van der Waals surface area contributed by atoms with Crippen molar-refractivity contribution in [3.05, 3.63) is 0 Å². The summed E-state index contributed by atoms with van der Waals surface area (Å²) in [5.74, 6) is 1.06. The first kappa shape index (κ1) is 7.56. The van der Waals surface area contributed by atoms with Crippen LogP contribution in [0.25, 0.3) is 0 Å². The number of hydrogen-bond donors (Lipinski definition) is 2. The quantitative estimate of drug-likeness (QED) is 0.586. The predicted octanol–water partition coefficient (Wildman–Crippen LogP) is 0.757. The summed E-state index contributed by atoms with van der Waals surface area (Å²) in [4.78, 5) is 0. The molecule has 1 aliphatic carbocycles. The molecule has 1 saturated carbocycles. The fourth-order valence-corrected chi connectivity index (χ4v) is 2.44. The fraction of sp³-hybridized carbons (Fsp3) is 1.00. The Morgan fingerprint density at radius 1 is 1.45 bits per heavy atom. The van der Waals surface area contributed by atoms with E-state index < -0.39 is 0 Å². The van der Waals surface area contributed by atoms with E-state index in [1.54, 1.807) is 0 Å². The fourth-order valence-electron chi connectivity index (χ4n) is 2.44. The molecule has 1 heterocycles. The molecule has 1 saturated heterocycles. The molecule has 0 bridgehead atoms. The minimum Gasteiger partial charge on any atom is -0.389 e. The van der Waals surface area contributed by atoms with Crippen LogP contribution in [-0.2, 0) is 0 Å². The van der Waals surface area contributed by atoms with Gasteiger partial charge in [-0.1, -0.05) is 13.3 Å². The summed E-state index contributed by atoms with van der Waals surface area (Å²) in [5.41, 5.74) is -0.314. The van der Waals surface area contributed by atoms with E-state index in [0.717, 1.165) is 19.5 Å². The maximum Gasteiger partial charge on any atom is 0.0725 e. The molecule has 2 rings (SSSR count). The van der Waals surface area contributed by atoms with Gasteiger partial charge < -0.3 is 10.4 Å². The molecule has 0 aromatic rings. The number of hydrogen-bond acceptors (Lipinski definition) is 2. The van der Waals surface area contributed by atoms with E-state index >= 15 is 0 Å². The van der Waals surface area contributed by atoms with Crippen LogP contribution in [0.3, 0.4) is 0 Å². The highest BCUT2D eigenvalue weighted by atomic mass is 16.3. The third-order valence-electron chi connectivity index (χ3n) is 3.56. The predicted molar refractivity (Wildman–Crippen MR) is 44.3 cm³/mol. The summed E-state index contributed by atoms with van der Waals surface area (Å²) in [5, 5.41) is 13.5. The largest absolute Gasteiger partial charge is 0.389 e. The summed E-state index contributed by atoms with van der Waals surface area (Å²) < 4.78 is 0. The molecule has 11 heavy (non-hydrogen) atoms.